The number of imidazole rings is 2. The SMILES string of the molecule is CC(C)(C)c1ccnc(-n2c3ccccc3c3ccc(Oc4cc(C#N)cc(-n5c6ccccc6n6c7ccccc7nc56)c4)cc32)c1. The molecule has 0 N–H and O–H groups in total. The Morgan fingerprint density at radius 3 is 2.19 bits per heavy atom. The summed E-state index contributed by atoms with van der Waals surface area (Å²) in [6, 6.07) is 43.1. The van der Waals surface area contributed by atoms with E-state index in [4.69, 9.17) is 14.7 Å². The van der Waals surface area contributed by atoms with Crippen LogP contribution in [0.15, 0.2) is 128 Å². The van der Waals surface area contributed by atoms with Gasteiger partial charge in [-0.05, 0) is 77.7 Å². The number of pyridine rings is 1. The first-order chi connectivity index (χ1) is 23.4. The molecule has 0 bridgehead atoms. The summed E-state index contributed by atoms with van der Waals surface area (Å²) in [4.78, 5) is 9.82. The lowest BCUT2D eigenvalue weighted by Gasteiger charge is -2.20. The Kier molecular flexibility index (Phi) is 5.99. The van der Waals surface area contributed by atoms with Crippen molar-refractivity contribution >= 4 is 49.7 Å². The van der Waals surface area contributed by atoms with E-state index in [0.717, 1.165) is 61.2 Å². The first-order valence-corrected chi connectivity index (χ1v) is 16.0. The van der Waals surface area contributed by atoms with Crippen LogP contribution in [0.1, 0.15) is 31.9 Å². The molecule has 0 amide bonds. The maximum absolute atomic E-state index is 10.1. The van der Waals surface area contributed by atoms with E-state index in [1.807, 2.05) is 54.7 Å². The van der Waals surface area contributed by atoms with Crippen LogP contribution in [-0.2, 0) is 5.41 Å². The molecule has 0 saturated heterocycles. The molecule has 7 heteroatoms. The largest absolute Gasteiger partial charge is 0.457 e. The third-order valence-corrected chi connectivity index (χ3v) is 9.11. The van der Waals surface area contributed by atoms with Gasteiger partial charge in [0.15, 0.2) is 0 Å². The average molecular weight is 623 g/mol. The molecule has 0 fully saturated rings. The highest BCUT2D eigenvalue weighted by atomic mass is 16.5. The first kappa shape index (κ1) is 27.9. The summed E-state index contributed by atoms with van der Waals surface area (Å²) < 4.78 is 13.1. The number of ether oxygens (including phenoxy) is 1. The van der Waals surface area contributed by atoms with Crippen molar-refractivity contribution < 1.29 is 4.74 Å². The lowest BCUT2D eigenvalue weighted by molar-refractivity contribution is 0.483. The van der Waals surface area contributed by atoms with E-state index in [2.05, 4.69) is 107 Å². The second-order valence-corrected chi connectivity index (χ2v) is 13.2. The van der Waals surface area contributed by atoms with Crippen LogP contribution in [0.5, 0.6) is 11.5 Å². The molecule has 5 aromatic carbocycles. The molecule has 4 aromatic heterocycles. The van der Waals surface area contributed by atoms with E-state index in [1.54, 1.807) is 6.07 Å². The zero-order chi connectivity index (χ0) is 32.6. The summed E-state index contributed by atoms with van der Waals surface area (Å²) in [7, 11) is 0. The van der Waals surface area contributed by atoms with Gasteiger partial charge in [0.25, 0.3) is 0 Å². The molecule has 48 heavy (non-hydrogen) atoms. The summed E-state index contributed by atoms with van der Waals surface area (Å²) >= 11 is 0. The van der Waals surface area contributed by atoms with Crippen LogP contribution in [0.3, 0.4) is 0 Å². The van der Waals surface area contributed by atoms with E-state index in [9.17, 15) is 5.26 Å². The number of fused-ring (bicyclic) bond motifs is 8. The fourth-order valence-electron chi connectivity index (χ4n) is 6.85. The summed E-state index contributed by atoms with van der Waals surface area (Å²) in [5.74, 6) is 2.85. The van der Waals surface area contributed by atoms with Crippen LogP contribution < -0.4 is 4.74 Å². The molecule has 0 spiro atoms. The van der Waals surface area contributed by atoms with Gasteiger partial charge < -0.3 is 4.74 Å². The van der Waals surface area contributed by atoms with Gasteiger partial charge >= 0.3 is 0 Å². The predicted molar refractivity (Wildman–Crippen MR) is 192 cm³/mol. The Hall–Kier alpha value is -6.39. The van der Waals surface area contributed by atoms with E-state index in [0.29, 0.717) is 17.1 Å². The molecular weight excluding hydrogens is 592 g/mol. The van der Waals surface area contributed by atoms with Gasteiger partial charge in [0, 0.05) is 29.1 Å². The minimum absolute atomic E-state index is 0.0199. The third-order valence-electron chi connectivity index (χ3n) is 9.11. The maximum atomic E-state index is 10.1. The smallest absolute Gasteiger partial charge is 0.220 e. The molecule has 0 atom stereocenters. The normalized spacial score (nSPS) is 12.0. The van der Waals surface area contributed by atoms with Gasteiger partial charge in [0.2, 0.25) is 5.78 Å². The fourth-order valence-corrected chi connectivity index (χ4v) is 6.85. The fraction of sp³-hybridized carbons (Fsp3) is 0.0976. The summed E-state index contributed by atoms with van der Waals surface area (Å²) in [5.41, 5.74) is 8.51. The van der Waals surface area contributed by atoms with E-state index < -0.39 is 0 Å². The van der Waals surface area contributed by atoms with Crippen molar-refractivity contribution in [1.29, 1.82) is 5.26 Å². The molecule has 9 rings (SSSR count). The van der Waals surface area contributed by atoms with E-state index >= 15 is 0 Å². The zero-order valence-electron chi connectivity index (χ0n) is 26.7. The number of benzene rings is 5. The number of hydrogen-bond acceptors (Lipinski definition) is 4. The standard InChI is InChI=1S/C41H30N6O/c1-41(2,3)27-18-19-43-39(22-27)46-34-12-6-4-10-31(34)32-17-16-29(24-38(32)46)48-30-21-26(25-42)20-28(23-30)45-36-14-8-9-15-37(36)47-35-13-7-5-11-33(35)44-40(45)47/h4-24H,1-3H3. The van der Waals surface area contributed by atoms with Crippen molar-refractivity contribution in [3.05, 3.63) is 139 Å². The van der Waals surface area contributed by atoms with Gasteiger partial charge in [0.05, 0.1) is 50.4 Å². The minimum atomic E-state index is -0.0199. The zero-order valence-corrected chi connectivity index (χ0v) is 26.7. The first-order valence-electron chi connectivity index (χ1n) is 16.0. The Morgan fingerprint density at radius 1 is 0.646 bits per heavy atom. The number of rotatable bonds is 4. The van der Waals surface area contributed by atoms with Gasteiger partial charge in [0.1, 0.15) is 17.3 Å². The average Bonchev–Trinajstić information content (AvgIpc) is 3.74. The minimum Gasteiger partial charge on any atom is -0.457 e. The molecule has 0 aliphatic heterocycles. The molecule has 4 heterocycles. The topological polar surface area (TPSA) is 73.1 Å². The van der Waals surface area contributed by atoms with Crippen LogP contribution in [0.25, 0.3) is 61.2 Å². The Balaban J connectivity index is 1.21. The number of nitrogens with zero attached hydrogens (tertiary/aromatic N) is 6. The van der Waals surface area contributed by atoms with E-state index in [1.165, 1.54) is 5.56 Å². The van der Waals surface area contributed by atoms with E-state index in [-0.39, 0.29) is 5.41 Å². The van der Waals surface area contributed by atoms with Crippen molar-refractivity contribution in [3.63, 3.8) is 0 Å². The second kappa shape index (κ2) is 10.3. The number of para-hydroxylation sites is 5. The summed E-state index contributed by atoms with van der Waals surface area (Å²) in [6.07, 6.45) is 1.89. The highest BCUT2D eigenvalue weighted by Crippen LogP contribution is 2.37. The molecule has 0 unspecified atom stereocenters. The summed E-state index contributed by atoms with van der Waals surface area (Å²) in [6.45, 7) is 6.64. The molecule has 9 aromatic rings. The Bertz CT molecular complexity index is 2770. The lowest BCUT2D eigenvalue weighted by Crippen LogP contribution is -2.12. The maximum Gasteiger partial charge on any atom is 0.220 e. The molecule has 0 radical (unpaired) electrons. The quantitative estimate of drug-likeness (QED) is 0.196. The van der Waals surface area contributed by atoms with Crippen molar-refractivity contribution in [2.75, 3.05) is 0 Å². The second-order valence-electron chi connectivity index (χ2n) is 13.2. The van der Waals surface area contributed by atoms with Crippen LogP contribution in [0.4, 0.5) is 0 Å². The highest BCUT2D eigenvalue weighted by molar-refractivity contribution is 6.09. The third kappa shape index (κ3) is 4.27. The van der Waals surface area contributed by atoms with Crippen molar-refractivity contribution in [1.82, 2.24) is 23.5 Å². The molecular formula is C41H30N6O. The van der Waals surface area contributed by atoms with Crippen LogP contribution in [0.2, 0.25) is 0 Å². The number of aromatic nitrogens is 5. The van der Waals surface area contributed by atoms with Gasteiger partial charge in [-0.1, -0.05) is 63.2 Å². The number of hydrogen-bond donors (Lipinski definition) is 0. The van der Waals surface area contributed by atoms with Gasteiger partial charge in [-0.15, -0.1) is 0 Å². The Labute approximate surface area is 276 Å². The van der Waals surface area contributed by atoms with Crippen LogP contribution in [0, 0.1) is 11.3 Å². The van der Waals surface area contributed by atoms with Crippen molar-refractivity contribution in [3.8, 4) is 29.1 Å². The van der Waals surface area contributed by atoms with Crippen molar-refractivity contribution in [2.45, 2.75) is 26.2 Å². The van der Waals surface area contributed by atoms with Crippen LogP contribution >= 0.6 is 0 Å². The van der Waals surface area contributed by atoms with Crippen LogP contribution in [-0.4, -0.2) is 23.5 Å². The molecule has 230 valence electrons. The monoisotopic (exact) mass is 622 g/mol. The Morgan fingerprint density at radius 2 is 1.38 bits per heavy atom. The molecule has 0 saturated carbocycles. The molecule has 7 nitrogen and oxygen atoms in total. The van der Waals surface area contributed by atoms with Gasteiger partial charge in [-0.2, -0.15) is 5.26 Å². The molecule has 0 aliphatic carbocycles. The van der Waals surface area contributed by atoms with Gasteiger partial charge in [-0.25, -0.2) is 9.97 Å². The summed E-state index contributed by atoms with van der Waals surface area (Å²) in [5, 5.41) is 12.4. The highest BCUT2D eigenvalue weighted by Gasteiger charge is 2.20. The lowest BCUT2D eigenvalue weighted by atomic mass is 9.88. The predicted octanol–water partition coefficient (Wildman–Crippen LogP) is 9.88. The van der Waals surface area contributed by atoms with Crippen molar-refractivity contribution in [2.24, 2.45) is 0 Å². The number of nitriles is 1. The van der Waals surface area contributed by atoms with Gasteiger partial charge in [-0.3, -0.25) is 13.5 Å². The molecule has 0 aliphatic rings.